The Morgan fingerprint density at radius 3 is 2.31 bits per heavy atom. The quantitative estimate of drug-likeness (QED) is 0.435. The second-order valence-corrected chi connectivity index (χ2v) is 7.43. The van der Waals surface area contributed by atoms with E-state index in [1.807, 2.05) is 6.08 Å². The largest absolute Gasteiger partial charge is 0.507 e. The summed E-state index contributed by atoms with van der Waals surface area (Å²) in [6, 6.07) is 4.58. The van der Waals surface area contributed by atoms with E-state index in [1.165, 1.54) is 28.9 Å². The first-order valence-electron chi connectivity index (χ1n) is 10.1. The third-order valence-corrected chi connectivity index (χ3v) is 4.42. The number of allylic oxidation sites excluding steroid dienone is 5. The molecule has 0 radical (unpaired) electrons. The van der Waals surface area contributed by atoms with Crippen molar-refractivity contribution in [3.8, 4) is 11.5 Å². The SMILES string of the molecule is CC(C)=CCCC(C)=CCCC(C)=CCOc1ccc(C(=O)NCCO)c(O)c1. The van der Waals surface area contributed by atoms with Gasteiger partial charge < -0.3 is 20.3 Å². The average molecular weight is 402 g/mol. The number of phenols is 1. The van der Waals surface area contributed by atoms with Gasteiger partial charge in [0.05, 0.1) is 12.2 Å². The summed E-state index contributed by atoms with van der Waals surface area (Å²) < 4.78 is 5.65. The summed E-state index contributed by atoms with van der Waals surface area (Å²) >= 11 is 0. The number of nitrogens with one attached hydrogen (secondary N) is 1. The molecule has 0 unspecified atom stereocenters. The van der Waals surface area contributed by atoms with Crippen molar-refractivity contribution in [1.82, 2.24) is 5.32 Å². The Morgan fingerprint density at radius 2 is 1.69 bits per heavy atom. The van der Waals surface area contributed by atoms with Crippen LogP contribution in [0.2, 0.25) is 0 Å². The molecule has 0 aromatic heterocycles. The Balaban J connectivity index is 2.43. The van der Waals surface area contributed by atoms with Crippen molar-refractivity contribution in [3.63, 3.8) is 0 Å². The van der Waals surface area contributed by atoms with Gasteiger partial charge in [-0.15, -0.1) is 0 Å². The van der Waals surface area contributed by atoms with Gasteiger partial charge in [-0.3, -0.25) is 4.79 Å². The lowest BCUT2D eigenvalue weighted by Crippen LogP contribution is -2.26. The van der Waals surface area contributed by atoms with E-state index in [0.717, 1.165) is 25.7 Å². The molecule has 5 nitrogen and oxygen atoms in total. The van der Waals surface area contributed by atoms with Gasteiger partial charge in [0.2, 0.25) is 0 Å². The molecular formula is C24H35NO4. The number of aromatic hydroxyl groups is 1. The van der Waals surface area contributed by atoms with E-state index in [1.54, 1.807) is 6.07 Å². The van der Waals surface area contributed by atoms with Crippen LogP contribution >= 0.6 is 0 Å². The highest BCUT2D eigenvalue weighted by Gasteiger charge is 2.11. The molecule has 0 aliphatic carbocycles. The van der Waals surface area contributed by atoms with Gasteiger partial charge in [-0.2, -0.15) is 0 Å². The van der Waals surface area contributed by atoms with E-state index in [2.05, 4.69) is 45.2 Å². The standard InChI is InChI=1S/C24H35NO4/c1-18(2)7-5-8-19(3)9-6-10-20(4)13-16-29-21-11-12-22(23(27)17-21)24(28)25-14-15-26/h7,9,11-13,17,26-27H,5-6,8,10,14-16H2,1-4H3,(H,25,28). The first-order chi connectivity index (χ1) is 13.8. The minimum Gasteiger partial charge on any atom is -0.507 e. The van der Waals surface area contributed by atoms with Crippen molar-refractivity contribution >= 4 is 5.91 Å². The number of phenolic OH excluding ortho intramolecular Hbond substituents is 1. The van der Waals surface area contributed by atoms with Crippen molar-refractivity contribution in [2.24, 2.45) is 0 Å². The average Bonchev–Trinajstić information content (AvgIpc) is 2.66. The molecule has 0 spiro atoms. The molecule has 0 atom stereocenters. The number of benzene rings is 1. The molecule has 0 saturated heterocycles. The first kappa shape index (κ1) is 24.5. The van der Waals surface area contributed by atoms with E-state index in [0.29, 0.717) is 12.4 Å². The minimum atomic E-state index is -0.428. The molecule has 0 heterocycles. The fourth-order valence-corrected chi connectivity index (χ4v) is 2.68. The maximum Gasteiger partial charge on any atom is 0.255 e. The Morgan fingerprint density at radius 1 is 1.03 bits per heavy atom. The molecule has 1 rings (SSSR count). The number of carbonyl (C=O) groups is 1. The molecule has 0 aliphatic rings. The summed E-state index contributed by atoms with van der Waals surface area (Å²) in [7, 11) is 0. The number of carbonyl (C=O) groups excluding carboxylic acids is 1. The van der Waals surface area contributed by atoms with Gasteiger partial charge in [-0.25, -0.2) is 0 Å². The summed E-state index contributed by atoms with van der Waals surface area (Å²) in [6.45, 7) is 8.92. The molecule has 1 aromatic rings. The zero-order valence-electron chi connectivity index (χ0n) is 18.1. The molecule has 29 heavy (non-hydrogen) atoms. The summed E-state index contributed by atoms with van der Waals surface area (Å²) in [5, 5.41) is 21.2. The van der Waals surface area contributed by atoms with E-state index in [4.69, 9.17) is 9.84 Å². The van der Waals surface area contributed by atoms with Crippen LogP contribution < -0.4 is 10.1 Å². The van der Waals surface area contributed by atoms with Crippen LogP contribution in [-0.2, 0) is 0 Å². The summed E-state index contributed by atoms with van der Waals surface area (Å²) in [6.07, 6.45) is 10.8. The molecule has 0 fully saturated rings. The molecule has 0 saturated carbocycles. The van der Waals surface area contributed by atoms with Crippen LogP contribution in [-0.4, -0.2) is 35.9 Å². The monoisotopic (exact) mass is 401 g/mol. The van der Waals surface area contributed by atoms with Gasteiger partial charge in [0, 0.05) is 12.6 Å². The van der Waals surface area contributed by atoms with E-state index in [9.17, 15) is 9.90 Å². The van der Waals surface area contributed by atoms with Crippen LogP contribution in [0.15, 0.2) is 53.1 Å². The first-order valence-corrected chi connectivity index (χ1v) is 10.1. The highest BCUT2D eigenvalue weighted by atomic mass is 16.5. The summed E-state index contributed by atoms with van der Waals surface area (Å²) in [5.74, 6) is -0.0734. The number of rotatable bonds is 12. The maximum absolute atomic E-state index is 11.8. The van der Waals surface area contributed by atoms with Gasteiger partial charge in [0.25, 0.3) is 5.91 Å². The predicted molar refractivity (Wildman–Crippen MR) is 118 cm³/mol. The van der Waals surface area contributed by atoms with Crippen LogP contribution in [0.1, 0.15) is 63.7 Å². The molecular weight excluding hydrogens is 366 g/mol. The molecule has 3 N–H and O–H groups in total. The zero-order chi connectivity index (χ0) is 21.6. The normalized spacial score (nSPS) is 11.9. The summed E-state index contributed by atoms with van der Waals surface area (Å²) in [4.78, 5) is 11.8. The molecule has 1 amide bonds. The fourth-order valence-electron chi connectivity index (χ4n) is 2.68. The maximum atomic E-state index is 11.8. The van der Waals surface area contributed by atoms with Gasteiger partial charge in [-0.05, 0) is 71.6 Å². The third-order valence-electron chi connectivity index (χ3n) is 4.42. The van der Waals surface area contributed by atoms with Crippen LogP contribution in [0.25, 0.3) is 0 Å². The second-order valence-electron chi connectivity index (χ2n) is 7.43. The van der Waals surface area contributed by atoms with Crippen molar-refractivity contribution < 1.29 is 19.7 Å². The minimum absolute atomic E-state index is 0.144. The molecule has 0 bridgehead atoms. The number of aliphatic hydroxyl groups is 1. The number of amides is 1. The number of ether oxygens (including phenoxy) is 1. The third kappa shape index (κ3) is 10.5. The molecule has 160 valence electrons. The van der Waals surface area contributed by atoms with Crippen molar-refractivity contribution in [1.29, 1.82) is 0 Å². The summed E-state index contributed by atoms with van der Waals surface area (Å²) in [5.41, 5.74) is 4.20. The second kappa shape index (κ2) is 13.6. The lowest BCUT2D eigenvalue weighted by atomic mass is 10.1. The Kier molecular flexibility index (Phi) is 11.5. The number of hydrogen-bond acceptors (Lipinski definition) is 4. The van der Waals surface area contributed by atoms with Gasteiger partial charge in [-0.1, -0.05) is 28.9 Å². The fraction of sp³-hybridized carbons (Fsp3) is 0.458. The lowest BCUT2D eigenvalue weighted by Gasteiger charge is -2.09. The van der Waals surface area contributed by atoms with Gasteiger partial charge >= 0.3 is 0 Å². The van der Waals surface area contributed by atoms with Crippen molar-refractivity contribution in [2.75, 3.05) is 19.8 Å². The predicted octanol–water partition coefficient (Wildman–Crippen LogP) is 4.91. The van der Waals surface area contributed by atoms with Crippen LogP contribution in [0.3, 0.4) is 0 Å². The smallest absolute Gasteiger partial charge is 0.255 e. The van der Waals surface area contributed by atoms with Gasteiger partial charge in [0.1, 0.15) is 18.1 Å². The Bertz CT molecular complexity index is 743. The van der Waals surface area contributed by atoms with E-state index in [-0.39, 0.29) is 24.5 Å². The molecule has 1 aromatic carbocycles. The molecule has 5 heteroatoms. The van der Waals surface area contributed by atoms with Gasteiger partial charge in [0.15, 0.2) is 0 Å². The topological polar surface area (TPSA) is 78.8 Å². The number of hydrogen-bond donors (Lipinski definition) is 3. The van der Waals surface area contributed by atoms with Crippen LogP contribution in [0, 0.1) is 0 Å². The van der Waals surface area contributed by atoms with Crippen molar-refractivity contribution in [2.45, 2.75) is 53.4 Å². The number of aliphatic hydroxyl groups excluding tert-OH is 1. The zero-order valence-corrected chi connectivity index (χ0v) is 18.1. The van der Waals surface area contributed by atoms with Crippen molar-refractivity contribution in [3.05, 3.63) is 58.7 Å². The van der Waals surface area contributed by atoms with Crippen LogP contribution in [0.4, 0.5) is 0 Å². The highest BCUT2D eigenvalue weighted by Crippen LogP contribution is 2.23. The Hall–Kier alpha value is -2.53. The Labute approximate surface area is 174 Å². The molecule has 0 aliphatic heterocycles. The lowest BCUT2D eigenvalue weighted by molar-refractivity contribution is 0.0942. The van der Waals surface area contributed by atoms with E-state index < -0.39 is 5.91 Å². The highest BCUT2D eigenvalue weighted by molar-refractivity contribution is 5.96. The van der Waals surface area contributed by atoms with Crippen LogP contribution in [0.5, 0.6) is 11.5 Å². The van der Waals surface area contributed by atoms with E-state index >= 15 is 0 Å².